The number of nitrogens with zero attached hydrogens (tertiary/aromatic N) is 1. The summed E-state index contributed by atoms with van der Waals surface area (Å²) in [6.07, 6.45) is 1.15. The maximum absolute atomic E-state index is 11.6. The Hall–Kier alpha value is -1.16. The Bertz CT molecular complexity index is 360. The molecule has 0 aromatic heterocycles. The van der Waals surface area contributed by atoms with Gasteiger partial charge in [-0.2, -0.15) is 0 Å². The van der Waals surface area contributed by atoms with Crippen LogP contribution < -0.4 is 4.74 Å². The molecule has 3 nitrogen and oxygen atoms in total. The zero-order chi connectivity index (χ0) is 11.4. The minimum Gasteiger partial charge on any atom is -0.497 e. The molecule has 0 unspecified atom stereocenters. The van der Waals surface area contributed by atoms with Gasteiger partial charge < -0.3 is 9.64 Å². The summed E-state index contributed by atoms with van der Waals surface area (Å²) in [5, 5.41) is 0. The molecule has 0 aliphatic carbocycles. The molecule has 0 saturated carbocycles. The Kier molecular flexibility index (Phi) is 3.72. The molecule has 1 aliphatic heterocycles. The van der Waals surface area contributed by atoms with E-state index >= 15 is 0 Å². The van der Waals surface area contributed by atoms with Gasteiger partial charge in [0.15, 0.2) is 0 Å². The van der Waals surface area contributed by atoms with E-state index in [0.29, 0.717) is 5.75 Å². The Morgan fingerprint density at radius 3 is 2.56 bits per heavy atom. The van der Waals surface area contributed by atoms with Gasteiger partial charge in [-0.15, -0.1) is 11.8 Å². The fourth-order valence-electron chi connectivity index (χ4n) is 1.47. The van der Waals surface area contributed by atoms with Gasteiger partial charge in [0.05, 0.1) is 12.9 Å². The van der Waals surface area contributed by atoms with Gasteiger partial charge in [-0.25, -0.2) is 0 Å². The molecular weight excluding hydrogens is 222 g/mol. The molecule has 1 amide bonds. The van der Waals surface area contributed by atoms with Crippen LogP contribution in [0.3, 0.4) is 0 Å². The van der Waals surface area contributed by atoms with Crippen LogP contribution in [0.15, 0.2) is 29.2 Å². The highest BCUT2D eigenvalue weighted by Gasteiger charge is 2.19. The molecule has 4 heteroatoms. The maximum Gasteiger partial charge on any atom is 0.232 e. The standard InChI is InChI=1S/C12H15NO2S/c1-15-10-3-5-11(6-4-10)16-9-12(14)13-7-2-8-13/h3-6H,2,7-9H2,1H3. The Labute approximate surface area is 99.8 Å². The normalized spacial score (nSPS) is 14.4. The zero-order valence-corrected chi connectivity index (χ0v) is 10.1. The quantitative estimate of drug-likeness (QED) is 0.750. The molecule has 1 saturated heterocycles. The predicted molar refractivity (Wildman–Crippen MR) is 64.9 cm³/mol. The number of methoxy groups -OCH3 is 1. The summed E-state index contributed by atoms with van der Waals surface area (Å²) >= 11 is 1.58. The predicted octanol–water partition coefficient (Wildman–Crippen LogP) is 2.02. The van der Waals surface area contributed by atoms with Crippen molar-refractivity contribution in [1.29, 1.82) is 0 Å². The number of carbonyl (C=O) groups excluding carboxylic acids is 1. The van der Waals surface area contributed by atoms with Gasteiger partial charge in [0.1, 0.15) is 5.75 Å². The van der Waals surface area contributed by atoms with Gasteiger partial charge in [0.25, 0.3) is 0 Å². The SMILES string of the molecule is COc1ccc(SCC(=O)N2CCC2)cc1. The topological polar surface area (TPSA) is 29.5 Å². The average molecular weight is 237 g/mol. The van der Waals surface area contributed by atoms with E-state index in [4.69, 9.17) is 4.74 Å². The van der Waals surface area contributed by atoms with Crippen LogP contribution in [-0.2, 0) is 4.79 Å². The van der Waals surface area contributed by atoms with E-state index in [0.717, 1.165) is 30.2 Å². The summed E-state index contributed by atoms with van der Waals surface area (Å²) < 4.78 is 5.08. The first-order chi connectivity index (χ1) is 7.79. The van der Waals surface area contributed by atoms with E-state index in [1.165, 1.54) is 0 Å². The van der Waals surface area contributed by atoms with Crippen molar-refractivity contribution in [3.63, 3.8) is 0 Å². The lowest BCUT2D eigenvalue weighted by Gasteiger charge is -2.30. The minimum absolute atomic E-state index is 0.243. The Morgan fingerprint density at radius 1 is 1.38 bits per heavy atom. The molecule has 0 spiro atoms. The van der Waals surface area contributed by atoms with Crippen molar-refractivity contribution in [2.45, 2.75) is 11.3 Å². The molecule has 1 aromatic carbocycles. The number of benzene rings is 1. The molecular formula is C12H15NO2S. The lowest BCUT2D eigenvalue weighted by molar-refractivity contribution is -0.131. The van der Waals surface area contributed by atoms with E-state index in [-0.39, 0.29) is 5.91 Å². The summed E-state index contributed by atoms with van der Waals surface area (Å²) in [5.74, 6) is 1.62. The number of likely N-dealkylation sites (tertiary alicyclic amines) is 1. The third-order valence-corrected chi connectivity index (χ3v) is 3.63. The molecule has 1 aliphatic rings. The largest absolute Gasteiger partial charge is 0.497 e. The van der Waals surface area contributed by atoms with Gasteiger partial charge >= 0.3 is 0 Å². The van der Waals surface area contributed by atoms with Crippen LogP contribution in [-0.4, -0.2) is 36.8 Å². The lowest BCUT2D eigenvalue weighted by atomic mass is 10.2. The van der Waals surface area contributed by atoms with Gasteiger partial charge in [-0.3, -0.25) is 4.79 Å². The second-order valence-electron chi connectivity index (χ2n) is 3.70. The van der Waals surface area contributed by atoms with Crippen LogP contribution in [0.1, 0.15) is 6.42 Å². The second-order valence-corrected chi connectivity index (χ2v) is 4.75. The molecule has 0 N–H and O–H groups in total. The first-order valence-electron chi connectivity index (χ1n) is 5.34. The van der Waals surface area contributed by atoms with Gasteiger partial charge in [-0.05, 0) is 30.7 Å². The summed E-state index contributed by atoms with van der Waals surface area (Å²) in [6, 6.07) is 7.78. The highest BCUT2D eigenvalue weighted by atomic mass is 32.2. The first-order valence-corrected chi connectivity index (χ1v) is 6.33. The van der Waals surface area contributed by atoms with Crippen LogP contribution in [0.25, 0.3) is 0 Å². The smallest absolute Gasteiger partial charge is 0.232 e. The molecule has 2 rings (SSSR count). The number of rotatable bonds is 4. The summed E-state index contributed by atoms with van der Waals surface area (Å²) in [7, 11) is 1.65. The van der Waals surface area contributed by atoms with Crippen LogP contribution in [0.2, 0.25) is 0 Å². The number of ether oxygens (including phenoxy) is 1. The number of amides is 1. The minimum atomic E-state index is 0.243. The fraction of sp³-hybridized carbons (Fsp3) is 0.417. The van der Waals surface area contributed by atoms with E-state index in [1.807, 2.05) is 29.2 Å². The molecule has 1 heterocycles. The molecule has 0 bridgehead atoms. The molecule has 86 valence electrons. The van der Waals surface area contributed by atoms with Crippen molar-refractivity contribution in [2.24, 2.45) is 0 Å². The molecule has 16 heavy (non-hydrogen) atoms. The summed E-state index contributed by atoms with van der Waals surface area (Å²) in [5.41, 5.74) is 0. The third kappa shape index (κ3) is 2.70. The highest BCUT2D eigenvalue weighted by Crippen LogP contribution is 2.22. The monoisotopic (exact) mass is 237 g/mol. The van der Waals surface area contributed by atoms with Gasteiger partial charge in [0.2, 0.25) is 5.91 Å². The van der Waals surface area contributed by atoms with Gasteiger partial charge in [0, 0.05) is 18.0 Å². The van der Waals surface area contributed by atoms with Crippen LogP contribution in [0, 0.1) is 0 Å². The van der Waals surface area contributed by atoms with Crippen molar-refractivity contribution in [3.05, 3.63) is 24.3 Å². The van der Waals surface area contributed by atoms with Crippen molar-refractivity contribution in [1.82, 2.24) is 4.90 Å². The highest BCUT2D eigenvalue weighted by molar-refractivity contribution is 8.00. The van der Waals surface area contributed by atoms with Crippen molar-refractivity contribution in [2.75, 3.05) is 26.0 Å². The maximum atomic E-state index is 11.6. The first kappa shape index (κ1) is 11.3. The van der Waals surface area contributed by atoms with Crippen LogP contribution in [0.4, 0.5) is 0 Å². The van der Waals surface area contributed by atoms with Gasteiger partial charge in [-0.1, -0.05) is 0 Å². The number of carbonyl (C=O) groups is 1. The lowest BCUT2D eigenvalue weighted by Crippen LogP contribution is -2.42. The van der Waals surface area contributed by atoms with E-state index in [1.54, 1.807) is 18.9 Å². The van der Waals surface area contributed by atoms with E-state index in [9.17, 15) is 4.79 Å². The van der Waals surface area contributed by atoms with Crippen molar-refractivity contribution < 1.29 is 9.53 Å². The second kappa shape index (κ2) is 5.25. The number of thioether (sulfide) groups is 1. The third-order valence-electron chi connectivity index (χ3n) is 2.63. The van der Waals surface area contributed by atoms with E-state index in [2.05, 4.69) is 0 Å². The number of hydrogen-bond donors (Lipinski definition) is 0. The van der Waals surface area contributed by atoms with Crippen molar-refractivity contribution >= 4 is 17.7 Å². The fourth-order valence-corrected chi connectivity index (χ4v) is 2.28. The van der Waals surface area contributed by atoms with Crippen LogP contribution in [0.5, 0.6) is 5.75 Å². The zero-order valence-electron chi connectivity index (χ0n) is 9.31. The summed E-state index contributed by atoms with van der Waals surface area (Å²) in [6.45, 7) is 1.87. The molecule has 1 fully saturated rings. The average Bonchev–Trinajstić information content (AvgIpc) is 2.25. The van der Waals surface area contributed by atoms with E-state index < -0.39 is 0 Å². The summed E-state index contributed by atoms with van der Waals surface area (Å²) in [4.78, 5) is 14.6. The molecule has 0 atom stereocenters. The number of hydrogen-bond acceptors (Lipinski definition) is 3. The Balaban J connectivity index is 1.81. The Morgan fingerprint density at radius 2 is 2.06 bits per heavy atom. The molecule has 1 aromatic rings. The van der Waals surface area contributed by atoms with Crippen LogP contribution >= 0.6 is 11.8 Å². The molecule has 0 radical (unpaired) electrons. The van der Waals surface area contributed by atoms with Crippen molar-refractivity contribution in [3.8, 4) is 5.75 Å².